The number of nitrogens with two attached hydrogens (primary N) is 1. The molecule has 4 heteroatoms. The molecule has 16 heavy (non-hydrogen) atoms. The first-order valence-corrected chi connectivity index (χ1v) is 6.15. The Morgan fingerprint density at radius 2 is 2.38 bits per heavy atom. The van der Waals surface area contributed by atoms with Gasteiger partial charge in [-0.3, -0.25) is 9.58 Å². The molecule has 0 radical (unpaired) electrons. The molecule has 0 amide bonds. The van der Waals surface area contributed by atoms with E-state index >= 15 is 0 Å². The molecule has 1 aliphatic rings. The van der Waals surface area contributed by atoms with Crippen molar-refractivity contribution >= 4 is 0 Å². The zero-order valence-corrected chi connectivity index (χ0v) is 10.3. The van der Waals surface area contributed by atoms with Crippen LogP contribution < -0.4 is 5.73 Å². The van der Waals surface area contributed by atoms with E-state index in [1.54, 1.807) is 0 Å². The summed E-state index contributed by atoms with van der Waals surface area (Å²) in [6.07, 6.45) is 5.70. The third-order valence-electron chi connectivity index (χ3n) is 3.56. The molecule has 2 heterocycles. The Bertz CT molecular complexity index is 332. The Labute approximate surface area is 97.4 Å². The van der Waals surface area contributed by atoms with Crippen LogP contribution in [0.1, 0.15) is 31.9 Å². The Kier molecular flexibility index (Phi) is 3.61. The van der Waals surface area contributed by atoms with Crippen LogP contribution in [0.3, 0.4) is 0 Å². The fraction of sp³-hybridized carbons (Fsp3) is 0.750. The summed E-state index contributed by atoms with van der Waals surface area (Å²) < 4.78 is 1.95. The number of hydrogen-bond acceptors (Lipinski definition) is 3. The summed E-state index contributed by atoms with van der Waals surface area (Å²) in [5.74, 6) is 0. The van der Waals surface area contributed by atoms with Crippen molar-refractivity contribution in [3.63, 3.8) is 0 Å². The van der Waals surface area contributed by atoms with Gasteiger partial charge in [-0.15, -0.1) is 0 Å². The highest BCUT2D eigenvalue weighted by Crippen LogP contribution is 2.21. The number of piperidine rings is 1. The van der Waals surface area contributed by atoms with Gasteiger partial charge in [-0.2, -0.15) is 5.10 Å². The molecule has 0 aliphatic carbocycles. The number of rotatable bonds is 3. The van der Waals surface area contributed by atoms with E-state index in [0.29, 0.717) is 6.04 Å². The van der Waals surface area contributed by atoms with Crippen LogP contribution >= 0.6 is 0 Å². The molecule has 1 aliphatic heterocycles. The second-order valence-corrected chi connectivity index (χ2v) is 4.84. The summed E-state index contributed by atoms with van der Waals surface area (Å²) in [4.78, 5) is 2.51. The van der Waals surface area contributed by atoms with Gasteiger partial charge in [-0.05, 0) is 32.4 Å². The van der Waals surface area contributed by atoms with Gasteiger partial charge in [-0.25, -0.2) is 0 Å². The lowest BCUT2D eigenvalue weighted by molar-refractivity contribution is 0.120. The lowest BCUT2D eigenvalue weighted by Crippen LogP contribution is -2.48. The summed E-state index contributed by atoms with van der Waals surface area (Å²) in [6.45, 7) is 4.26. The zero-order chi connectivity index (χ0) is 11.5. The Balaban J connectivity index is 2.04. The summed E-state index contributed by atoms with van der Waals surface area (Å²) in [7, 11) is 2.00. The van der Waals surface area contributed by atoms with E-state index in [0.717, 1.165) is 13.1 Å². The number of hydrogen-bond donors (Lipinski definition) is 1. The molecule has 2 unspecified atom stereocenters. The summed E-state index contributed by atoms with van der Waals surface area (Å²) >= 11 is 0. The predicted octanol–water partition coefficient (Wildman–Crippen LogP) is 1.12. The maximum Gasteiger partial charge on any atom is 0.0521 e. The van der Waals surface area contributed by atoms with Crippen molar-refractivity contribution < 1.29 is 0 Å². The fourth-order valence-electron chi connectivity index (χ4n) is 2.57. The Morgan fingerprint density at radius 1 is 1.56 bits per heavy atom. The molecule has 0 bridgehead atoms. The minimum absolute atomic E-state index is 0.258. The van der Waals surface area contributed by atoms with Gasteiger partial charge >= 0.3 is 0 Å². The maximum atomic E-state index is 6.06. The average Bonchev–Trinajstić information content (AvgIpc) is 2.65. The SMILES string of the molecule is CC(N)C1CCCCN1Cc1ccnn1C. The molecule has 2 N–H and O–H groups in total. The first-order chi connectivity index (χ1) is 7.68. The maximum absolute atomic E-state index is 6.06. The second-order valence-electron chi connectivity index (χ2n) is 4.84. The Hall–Kier alpha value is -0.870. The molecule has 0 saturated carbocycles. The summed E-state index contributed by atoms with van der Waals surface area (Å²) in [5, 5.41) is 4.21. The van der Waals surface area contributed by atoms with Gasteiger partial charge in [0.1, 0.15) is 0 Å². The van der Waals surface area contributed by atoms with Crippen molar-refractivity contribution in [1.82, 2.24) is 14.7 Å². The first kappa shape index (κ1) is 11.6. The van der Waals surface area contributed by atoms with Gasteiger partial charge in [0.25, 0.3) is 0 Å². The molecule has 4 nitrogen and oxygen atoms in total. The van der Waals surface area contributed by atoms with Crippen molar-refractivity contribution in [1.29, 1.82) is 0 Å². The van der Waals surface area contributed by atoms with Gasteiger partial charge in [0.15, 0.2) is 0 Å². The highest BCUT2D eigenvalue weighted by molar-refractivity contribution is 5.01. The quantitative estimate of drug-likeness (QED) is 0.833. The van der Waals surface area contributed by atoms with Gasteiger partial charge in [0, 0.05) is 31.9 Å². The molecular weight excluding hydrogens is 200 g/mol. The number of aromatic nitrogens is 2. The highest BCUT2D eigenvalue weighted by atomic mass is 15.3. The zero-order valence-electron chi connectivity index (χ0n) is 10.3. The van der Waals surface area contributed by atoms with Crippen LogP contribution in [0.2, 0.25) is 0 Å². The van der Waals surface area contributed by atoms with E-state index in [9.17, 15) is 0 Å². The molecule has 90 valence electrons. The largest absolute Gasteiger partial charge is 0.327 e. The van der Waals surface area contributed by atoms with Crippen LogP contribution in [0, 0.1) is 0 Å². The smallest absolute Gasteiger partial charge is 0.0521 e. The van der Waals surface area contributed by atoms with Crippen molar-refractivity contribution in [3.8, 4) is 0 Å². The van der Waals surface area contributed by atoms with Gasteiger partial charge < -0.3 is 5.73 Å². The fourth-order valence-corrected chi connectivity index (χ4v) is 2.57. The second kappa shape index (κ2) is 4.97. The molecule has 0 aromatic carbocycles. The molecule has 0 spiro atoms. The minimum atomic E-state index is 0.258. The van der Waals surface area contributed by atoms with E-state index in [1.165, 1.54) is 25.0 Å². The monoisotopic (exact) mass is 222 g/mol. The van der Waals surface area contributed by atoms with Crippen LogP contribution in [0.25, 0.3) is 0 Å². The highest BCUT2D eigenvalue weighted by Gasteiger charge is 2.25. The third kappa shape index (κ3) is 2.44. The topological polar surface area (TPSA) is 47.1 Å². The van der Waals surface area contributed by atoms with Gasteiger partial charge in [-0.1, -0.05) is 6.42 Å². The molecule has 1 fully saturated rings. The Morgan fingerprint density at radius 3 is 3.00 bits per heavy atom. The van der Waals surface area contributed by atoms with Crippen LogP contribution in [0.15, 0.2) is 12.3 Å². The number of nitrogens with zero attached hydrogens (tertiary/aromatic N) is 3. The molecule has 2 rings (SSSR count). The van der Waals surface area contributed by atoms with Gasteiger partial charge in [0.05, 0.1) is 5.69 Å². The minimum Gasteiger partial charge on any atom is -0.327 e. The summed E-state index contributed by atoms with van der Waals surface area (Å²) in [6, 6.07) is 2.88. The van der Waals surface area contributed by atoms with Crippen molar-refractivity contribution in [2.24, 2.45) is 12.8 Å². The molecular formula is C12H22N4. The lowest BCUT2D eigenvalue weighted by atomic mass is 9.97. The molecule has 1 aromatic rings. The van der Waals surface area contributed by atoms with Crippen molar-refractivity contribution in [3.05, 3.63) is 18.0 Å². The van der Waals surface area contributed by atoms with E-state index in [4.69, 9.17) is 5.73 Å². The normalized spacial score (nSPS) is 24.6. The predicted molar refractivity (Wildman–Crippen MR) is 64.9 cm³/mol. The number of aryl methyl sites for hydroxylation is 1. The molecule has 2 atom stereocenters. The van der Waals surface area contributed by atoms with Crippen molar-refractivity contribution in [2.45, 2.75) is 44.8 Å². The van der Waals surface area contributed by atoms with Crippen LogP contribution in [0.5, 0.6) is 0 Å². The van der Waals surface area contributed by atoms with Crippen LogP contribution in [-0.4, -0.2) is 33.3 Å². The molecule has 1 saturated heterocycles. The van der Waals surface area contributed by atoms with E-state index in [2.05, 4.69) is 23.0 Å². The lowest BCUT2D eigenvalue weighted by Gasteiger charge is -2.37. The van der Waals surface area contributed by atoms with Crippen LogP contribution in [0.4, 0.5) is 0 Å². The van der Waals surface area contributed by atoms with E-state index in [-0.39, 0.29) is 6.04 Å². The van der Waals surface area contributed by atoms with Crippen molar-refractivity contribution in [2.75, 3.05) is 6.54 Å². The summed E-state index contributed by atoms with van der Waals surface area (Å²) in [5.41, 5.74) is 7.33. The first-order valence-electron chi connectivity index (χ1n) is 6.15. The number of likely N-dealkylation sites (tertiary alicyclic amines) is 1. The third-order valence-corrected chi connectivity index (χ3v) is 3.56. The standard InChI is InChI=1S/C12H22N4/c1-10(13)12-5-3-4-8-16(12)9-11-6-7-14-15(11)2/h6-7,10,12H,3-5,8-9,13H2,1-2H3. The average molecular weight is 222 g/mol. The van der Waals surface area contributed by atoms with E-state index < -0.39 is 0 Å². The van der Waals surface area contributed by atoms with Crippen LogP contribution in [-0.2, 0) is 13.6 Å². The molecule has 1 aromatic heterocycles. The van der Waals surface area contributed by atoms with Gasteiger partial charge in [0.2, 0.25) is 0 Å². The van der Waals surface area contributed by atoms with E-state index in [1.807, 2.05) is 17.9 Å².